The molecule has 53 heavy (non-hydrogen) atoms. The molecule has 0 aromatic heterocycles. The van der Waals surface area contributed by atoms with Crippen LogP contribution in [0, 0.1) is 13.8 Å². The number of hydrogen-bond donors (Lipinski definition) is 0. The van der Waals surface area contributed by atoms with Crippen LogP contribution in [0.5, 0.6) is 11.5 Å². The largest absolute Gasteiger partial charge is 0.494 e. The number of unbranched alkanes of at least 4 members (excludes halogenated alkanes) is 2. The molecule has 4 rings (SSSR count). The van der Waals surface area contributed by atoms with Gasteiger partial charge in [-0.1, -0.05) is 19.2 Å². The van der Waals surface area contributed by atoms with Crippen LogP contribution in [0.1, 0.15) is 36.8 Å². The van der Waals surface area contributed by atoms with Crippen LogP contribution in [-0.4, -0.2) is 45.4 Å². The monoisotopic (exact) mass is 718 g/mol. The third-order valence-electron chi connectivity index (χ3n) is 7.23. The standard InChI is InChI=1S/C21H24N2O3.C20H22N4O3/c1-4-21(24)26-14-6-5-13-25-20-11-9-18(10-12-20)22-23-19-8-7-16(2)17(3)15-19;1-3-20(25)27-15-5-4-14-26-19-12-10-18(11-13-19)24-23-17-8-6-16(7-9-17)22-21-2/h4,7-12,15H,1,5-6,13-14H2,2-3H3;3,6-13H,1,4-5,14-15H2,2H3. The highest BCUT2D eigenvalue weighted by molar-refractivity contribution is 5.81. The number of carbonyl (C=O) groups is 2. The molecule has 0 aliphatic carbocycles. The van der Waals surface area contributed by atoms with Crippen molar-refractivity contribution in [3.8, 4) is 11.5 Å². The van der Waals surface area contributed by atoms with Crippen molar-refractivity contribution in [1.29, 1.82) is 0 Å². The van der Waals surface area contributed by atoms with Crippen molar-refractivity contribution in [2.75, 3.05) is 33.5 Å². The fraction of sp³-hybridized carbons (Fsp3) is 0.268. The Kier molecular flexibility index (Phi) is 18.6. The average molecular weight is 719 g/mol. The molecule has 0 saturated carbocycles. The normalized spacial score (nSPS) is 10.8. The fourth-order valence-electron chi connectivity index (χ4n) is 4.19. The first-order chi connectivity index (χ1) is 25.8. The van der Waals surface area contributed by atoms with Gasteiger partial charge in [-0.05, 0) is 136 Å². The minimum absolute atomic E-state index is 0.371. The predicted octanol–water partition coefficient (Wildman–Crippen LogP) is 11.3. The van der Waals surface area contributed by atoms with Crippen LogP contribution in [0.15, 0.2) is 147 Å². The van der Waals surface area contributed by atoms with Crippen molar-refractivity contribution in [3.63, 3.8) is 0 Å². The summed E-state index contributed by atoms with van der Waals surface area (Å²) in [4.78, 5) is 21.8. The molecule has 0 saturated heterocycles. The van der Waals surface area contributed by atoms with Gasteiger partial charge in [0.05, 0.1) is 54.9 Å². The summed E-state index contributed by atoms with van der Waals surface area (Å²) >= 11 is 0. The summed E-state index contributed by atoms with van der Waals surface area (Å²) in [6, 6.07) is 28.2. The summed E-state index contributed by atoms with van der Waals surface area (Å²) in [5.74, 6) is 0.740. The van der Waals surface area contributed by atoms with Crippen molar-refractivity contribution >= 4 is 40.4 Å². The van der Waals surface area contributed by atoms with Gasteiger partial charge in [0.15, 0.2) is 0 Å². The first-order valence-electron chi connectivity index (χ1n) is 17.1. The van der Waals surface area contributed by atoms with Gasteiger partial charge in [-0.15, -0.1) is 0 Å². The Morgan fingerprint density at radius 3 is 1.26 bits per heavy atom. The van der Waals surface area contributed by atoms with Gasteiger partial charge in [-0.2, -0.15) is 30.7 Å². The third-order valence-corrected chi connectivity index (χ3v) is 7.23. The molecular weight excluding hydrogens is 672 g/mol. The SMILES string of the molecule is C=CC(=O)OCCCCOc1ccc(N=Nc2ccc(C)c(C)c2)cc1.C=CC(=O)OCCCCOc1ccc(N=Nc2ccc(N=NC)cc2)cc1. The van der Waals surface area contributed by atoms with Gasteiger partial charge in [-0.3, -0.25) is 0 Å². The maximum atomic E-state index is 10.9. The Hall–Kier alpha value is -6.30. The van der Waals surface area contributed by atoms with Crippen molar-refractivity contribution in [2.45, 2.75) is 39.5 Å². The Labute approximate surface area is 311 Å². The van der Waals surface area contributed by atoms with E-state index in [4.69, 9.17) is 18.9 Å². The van der Waals surface area contributed by atoms with Crippen LogP contribution in [0.2, 0.25) is 0 Å². The molecule has 0 atom stereocenters. The summed E-state index contributed by atoms with van der Waals surface area (Å²) in [5, 5.41) is 24.6. The van der Waals surface area contributed by atoms with Crippen LogP contribution in [0.25, 0.3) is 0 Å². The summed E-state index contributed by atoms with van der Waals surface area (Å²) in [5.41, 5.74) is 6.29. The highest BCUT2D eigenvalue weighted by Gasteiger charge is 2.00. The van der Waals surface area contributed by atoms with Crippen LogP contribution in [-0.2, 0) is 19.1 Å². The minimum Gasteiger partial charge on any atom is -0.494 e. The lowest BCUT2D eigenvalue weighted by atomic mass is 10.1. The lowest BCUT2D eigenvalue weighted by Gasteiger charge is -2.06. The number of azo groups is 3. The maximum Gasteiger partial charge on any atom is 0.330 e. The van der Waals surface area contributed by atoms with E-state index in [1.165, 1.54) is 11.1 Å². The highest BCUT2D eigenvalue weighted by atomic mass is 16.5. The lowest BCUT2D eigenvalue weighted by molar-refractivity contribution is -0.138. The van der Waals surface area contributed by atoms with E-state index in [2.05, 4.69) is 57.7 Å². The van der Waals surface area contributed by atoms with Crippen molar-refractivity contribution in [1.82, 2.24) is 0 Å². The van der Waals surface area contributed by atoms with E-state index in [1.54, 1.807) is 7.05 Å². The van der Waals surface area contributed by atoms with E-state index in [1.807, 2.05) is 91.0 Å². The van der Waals surface area contributed by atoms with Crippen molar-refractivity contribution in [2.24, 2.45) is 30.7 Å². The molecule has 0 amide bonds. The molecule has 0 fully saturated rings. The van der Waals surface area contributed by atoms with Crippen LogP contribution in [0.3, 0.4) is 0 Å². The van der Waals surface area contributed by atoms with E-state index in [-0.39, 0.29) is 0 Å². The van der Waals surface area contributed by atoms with Gasteiger partial charge in [0, 0.05) is 19.2 Å². The van der Waals surface area contributed by atoms with Gasteiger partial charge in [0.25, 0.3) is 0 Å². The van der Waals surface area contributed by atoms with Crippen molar-refractivity contribution < 1.29 is 28.5 Å². The first kappa shape index (κ1) is 41.1. The zero-order chi connectivity index (χ0) is 38.1. The number of rotatable bonds is 19. The quantitative estimate of drug-likeness (QED) is 0.0408. The van der Waals surface area contributed by atoms with Gasteiger partial charge in [-0.25, -0.2) is 9.59 Å². The zero-order valence-electron chi connectivity index (χ0n) is 30.5. The molecule has 4 aromatic carbocycles. The number of nitrogens with zero attached hydrogens (tertiary/aromatic N) is 6. The Morgan fingerprint density at radius 2 is 0.868 bits per heavy atom. The predicted molar refractivity (Wildman–Crippen MR) is 206 cm³/mol. The lowest BCUT2D eigenvalue weighted by Crippen LogP contribution is -2.04. The summed E-state index contributed by atoms with van der Waals surface area (Å²) in [6.45, 7) is 12.7. The molecular formula is C41H46N6O6. The van der Waals surface area contributed by atoms with E-state index in [9.17, 15) is 9.59 Å². The van der Waals surface area contributed by atoms with Gasteiger partial charge < -0.3 is 18.9 Å². The number of hydrogen-bond acceptors (Lipinski definition) is 12. The summed E-state index contributed by atoms with van der Waals surface area (Å²) < 4.78 is 21.1. The topological polar surface area (TPSA) is 145 Å². The average Bonchev–Trinajstić information content (AvgIpc) is 3.18. The molecule has 0 radical (unpaired) electrons. The minimum atomic E-state index is -0.400. The van der Waals surface area contributed by atoms with Crippen LogP contribution < -0.4 is 9.47 Å². The number of aryl methyl sites for hydroxylation is 2. The second-order valence-electron chi connectivity index (χ2n) is 11.3. The number of esters is 2. The Bertz CT molecular complexity index is 1820. The maximum absolute atomic E-state index is 10.9. The van der Waals surface area contributed by atoms with E-state index >= 15 is 0 Å². The van der Waals surface area contributed by atoms with E-state index in [0.29, 0.717) is 26.4 Å². The second-order valence-corrected chi connectivity index (χ2v) is 11.3. The zero-order valence-corrected chi connectivity index (χ0v) is 30.5. The molecule has 0 aliphatic rings. The summed E-state index contributed by atoms with van der Waals surface area (Å²) in [7, 11) is 1.63. The molecule has 4 aromatic rings. The van der Waals surface area contributed by atoms with E-state index < -0.39 is 11.9 Å². The Balaban J connectivity index is 0.000000286. The fourth-order valence-corrected chi connectivity index (χ4v) is 4.19. The van der Waals surface area contributed by atoms with Crippen molar-refractivity contribution in [3.05, 3.63) is 127 Å². The van der Waals surface area contributed by atoms with Gasteiger partial charge in [0.1, 0.15) is 11.5 Å². The smallest absolute Gasteiger partial charge is 0.330 e. The first-order valence-corrected chi connectivity index (χ1v) is 17.1. The second kappa shape index (κ2) is 24.0. The molecule has 0 aliphatic heterocycles. The Morgan fingerprint density at radius 1 is 0.509 bits per heavy atom. The van der Waals surface area contributed by atoms with Crippen LogP contribution in [0.4, 0.5) is 28.4 Å². The summed E-state index contributed by atoms with van der Waals surface area (Å²) in [6.07, 6.45) is 5.41. The van der Waals surface area contributed by atoms with Gasteiger partial charge in [0.2, 0.25) is 0 Å². The molecule has 0 bridgehead atoms. The number of ether oxygens (including phenoxy) is 4. The van der Waals surface area contributed by atoms with E-state index in [0.717, 1.165) is 77.8 Å². The molecule has 0 unspecified atom stereocenters. The number of benzene rings is 4. The molecule has 12 heteroatoms. The molecule has 276 valence electrons. The molecule has 0 heterocycles. The highest BCUT2D eigenvalue weighted by Crippen LogP contribution is 2.25. The van der Waals surface area contributed by atoms with Gasteiger partial charge >= 0.3 is 11.9 Å². The molecule has 12 nitrogen and oxygen atoms in total. The molecule has 0 spiro atoms. The number of carbonyl (C=O) groups excluding carboxylic acids is 2. The third kappa shape index (κ3) is 17.0. The molecule has 0 N–H and O–H groups in total. The van der Waals surface area contributed by atoms with Crippen LogP contribution >= 0.6 is 0 Å².